The van der Waals surface area contributed by atoms with Crippen LogP contribution < -0.4 is 10.2 Å². The SMILES string of the molecule is CCCNC(c1ccc(N(C)C)cc1)c1nccn1C. The van der Waals surface area contributed by atoms with Gasteiger partial charge in [-0.3, -0.25) is 0 Å². The Hall–Kier alpha value is -1.81. The Morgan fingerprint density at radius 2 is 1.95 bits per heavy atom. The van der Waals surface area contributed by atoms with Crippen LogP contribution in [0.15, 0.2) is 36.7 Å². The second-order valence-corrected chi connectivity index (χ2v) is 5.27. The topological polar surface area (TPSA) is 33.1 Å². The monoisotopic (exact) mass is 272 g/mol. The molecule has 108 valence electrons. The van der Waals surface area contributed by atoms with Crippen molar-refractivity contribution in [3.63, 3.8) is 0 Å². The summed E-state index contributed by atoms with van der Waals surface area (Å²) in [4.78, 5) is 6.60. The average Bonchev–Trinajstić information content (AvgIpc) is 2.86. The number of nitrogens with one attached hydrogen (secondary N) is 1. The van der Waals surface area contributed by atoms with Gasteiger partial charge in [0.25, 0.3) is 0 Å². The maximum atomic E-state index is 4.49. The second-order valence-electron chi connectivity index (χ2n) is 5.27. The quantitative estimate of drug-likeness (QED) is 0.877. The predicted molar refractivity (Wildman–Crippen MR) is 84.1 cm³/mol. The van der Waals surface area contributed by atoms with E-state index in [-0.39, 0.29) is 6.04 Å². The fourth-order valence-electron chi connectivity index (χ4n) is 2.27. The molecule has 2 aromatic rings. The molecule has 20 heavy (non-hydrogen) atoms. The maximum absolute atomic E-state index is 4.49. The van der Waals surface area contributed by atoms with Crippen molar-refractivity contribution in [3.05, 3.63) is 48.0 Å². The van der Waals surface area contributed by atoms with Crippen molar-refractivity contribution in [3.8, 4) is 0 Å². The molecule has 0 radical (unpaired) electrons. The van der Waals surface area contributed by atoms with Crippen molar-refractivity contribution in [1.82, 2.24) is 14.9 Å². The maximum Gasteiger partial charge on any atom is 0.130 e. The van der Waals surface area contributed by atoms with Crippen LogP contribution in [0.3, 0.4) is 0 Å². The lowest BCUT2D eigenvalue weighted by molar-refractivity contribution is 0.555. The minimum atomic E-state index is 0.145. The summed E-state index contributed by atoms with van der Waals surface area (Å²) in [5.41, 5.74) is 2.46. The standard InChI is InChI=1S/C16H24N4/c1-5-10-17-15(16-18-11-12-20(16)4)13-6-8-14(9-7-13)19(2)3/h6-9,11-12,15,17H,5,10H2,1-4H3. The summed E-state index contributed by atoms with van der Waals surface area (Å²) in [6.45, 7) is 3.16. The molecule has 1 unspecified atom stereocenters. The zero-order valence-electron chi connectivity index (χ0n) is 12.8. The molecule has 0 fully saturated rings. The van der Waals surface area contributed by atoms with Gasteiger partial charge in [-0.2, -0.15) is 0 Å². The van der Waals surface area contributed by atoms with Crippen LogP contribution in [0.25, 0.3) is 0 Å². The van der Waals surface area contributed by atoms with E-state index < -0.39 is 0 Å². The fraction of sp³-hybridized carbons (Fsp3) is 0.438. The van der Waals surface area contributed by atoms with Crippen molar-refractivity contribution in [2.24, 2.45) is 7.05 Å². The summed E-state index contributed by atoms with van der Waals surface area (Å²) >= 11 is 0. The van der Waals surface area contributed by atoms with E-state index in [1.54, 1.807) is 0 Å². The molecule has 0 saturated carbocycles. The molecule has 1 aromatic carbocycles. The zero-order chi connectivity index (χ0) is 14.5. The molecule has 0 spiro atoms. The van der Waals surface area contributed by atoms with Gasteiger partial charge in [0.15, 0.2) is 0 Å². The van der Waals surface area contributed by atoms with Crippen LogP contribution in [0.5, 0.6) is 0 Å². The molecule has 1 atom stereocenters. The molecule has 4 nitrogen and oxygen atoms in total. The van der Waals surface area contributed by atoms with Crippen LogP contribution in [0.1, 0.15) is 30.8 Å². The molecular weight excluding hydrogens is 248 g/mol. The van der Waals surface area contributed by atoms with Crippen LogP contribution in [0, 0.1) is 0 Å². The molecule has 0 aliphatic carbocycles. The number of aryl methyl sites for hydroxylation is 1. The zero-order valence-corrected chi connectivity index (χ0v) is 12.8. The summed E-state index contributed by atoms with van der Waals surface area (Å²) in [7, 11) is 6.15. The number of hydrogen-bond acceptors (Lipinski definition) is 3. The second kappa shape index (κ2) is 6.57. The lowest BCUT2D eigenvalue weighted by atomic mass is 10.1. The molecule has 0 aliphatic rings. The molecule has 4 heteroatoms. The van der Waals surface area contributed by atoms with Gasteiger partial charge < -0.3 is 14.8 Å². The largest absolute Gasteiger partial charge is 0.378 e. The first-order chi connectivity index (χ1) is 9.63. The molecular formula is C16H24N4. The Morgan fingerprint density at radius 3 is 2.45 bits per heavy atom. The van der Waals surface area contributed by atoms with Crippen molar-refractivity contribution >= 4 is 5.69 Å². The van der Waals surface area contributed by atoms with E-state index in [9.17, 15) is 0 Å². The van der Waals surface area contributed by atoms with Gasteiger partial charge in [-0.25, -0.2) is 4.98 Å². The van der Waals surface area contributed by atoms with Crippen LogP contribution >= 0.6 is 0 Å². The van der Waals surface area contributed by atoms with Crippen LogP contribution in [0.4, 0.5) is 5.69 Å². The molecule has 0 saturated heterocycles. The fourth-order valence-corrected chi connectivity index (χ4v) is 2.27. The normalized spacial score (nSPS) is 12.4. The van der Waals surface area contributed by atoms with Gasteiger partial charge in [0.1, 0.15) is 5.82 Å². The number of benzene rings is 1. The Kier molecular flexibility index (Phi) is 4.79. The first-order valence-corrected chi connectivity index (χ1v) is 7.11. The van der Waals surface area contributed by atoms with Gasteiger partial charge in [0.05, 0.1) is 6.04 Å². The molecule has 2 rings (SSSR count). The number of anilines is 1. The molecule has 0 amide bonds. The third kappa shape index (κ3) is 3.20. The average molecular weight is 272 g/mol. The van der Waals surface area contributed by atoms with Crippen LogP contribution in [-0.2, 0) is 7.05 Å². The number of nitrogens with zero attached hydrogens (tertiary/aromatic N) is 3. The highest BCUT2D eigenvalue weighted by Gasteiger charge is 2.17. The van der Waals surface area contributed by atoms with E-state index in [2.05, 4.69) is 65.1 Å². The van der Waals surface area contributed by atoms with Gasteiger partial charge in [-0.05, 0) is 30.7 Å². The molecule has 1 heterocycles. The van der Waals surface area contributed by atoms with E-state index in [0.29, 0.717) is 0 Å². The molecule has 0 bridgehead atoms. The molecule has 1 N–H and O–H groups in total. The lowest BCUT2D eigenvalue weighted by Crippen LogP contribution is -2.25. The Labute approximate surface area is 121 Å². The lowest BCUT2D eigenvalue weighted by Gasteiger charge is -2.20. The van der Waals surface area contributed by atoms with Crippen LogP contribution in [-0.4, -0.2) is 30.2 Å². The van der Waals surface area contributed by atoms with Crippen LogP contribution in [0.2, 0.25) is 0 Å². The van der Waals surface area contributed by atoms with E-state index >= 15 is 0 Å². The van der Waals surface area contributed by atoms with Crippen molar-refractivity contribution in [2.45, 2.75) is 19.4 Å². The summed E-state index contributed by atoms with van der Waals surface area (Å²) < 4.78 is 2.08. The van der Waals surface area contributed by atoms with E-state index in [4.69, 9.17) is 0 Å². The van der Waals surface area contributed by atoms with Crippen molar-refractivity contribution in [2.75, 3.05) is 25.5 Å². The number of imidazole rings is 1. The van der Waals surface area contributed by atoms with Crippen molar-refractivity contribution < 1.29 is 0 Å². The third-order valence-corrected chi connectivity index (χ3v) is 3.46. The Morgan fingerprint density at radius 1 is 1.25 bits per heavy atom. The third-order valence-electron chi connectivity index (χ3n) is 3.46. The number of hydrogen-bond donors (Lipinski definition) is 1. The summed E-state index contributed by atoms with van der Waals surface area (Å²) in [5.74, 6) is 1.05. The smallest absolute Gasteiger partial charge is 0.130 e. The minimum absolute atomic E-state index is 0.145. The van der Waals surface area contributed by atoms with Gasteiger partial charge >= 0.3 is 0 Å². The first-order valence-electron chi connectivity index (χ1n) is 7.11. The summed E-state index contributed by atoms with van der Waals surface area (Å²) in [6.07, 6.45) is 4.95. The first kappa shape index (κ1) is 14.6. The van der Waals surface area contributed by atoms with Gasteiger partial charge in [-0.1, -0.05) is 19.1 Å². The number of aromatic nitrogens is 2. The Bertz CT molecular complexity index is 528. The van der Waals surface area contributed by atoms with E-state index in [1.165, 1.54) is 11.3 Å². The minimum Gasteiger partial charge on any atom is -0.378 e. The Balaban J connectivity index is 2.29. The molecule has 0 aliphatic heterocycles. The number of rotatable bonds is 6. The van der Waals surface area contributed by atoms with Gasteiger partial charge in [-0.15, -0.1) is 0 Å². The highest BCUT2D eigenvalue weighted by atomic mass is 15.1. The van der Waals surface area contributed by atoms with E-state index in [0.717, 1.165) is 18.8 Å². The van der Waals surface area contributed by atoms with Crippen molar-refractivity contribution in [1.29, 1.82) is 0 Å². The van der Waals surface area contributed by atoms with Gasteiger partial charge in [0, 0.05) is 39.2 Å². The predicted octanol–water partition coefficient (Wildman–Crippen LogP) is 2.58. The summed E-state index contributed by atoms with van der Waals surface area (Å²) in [5, 5.41) is 3.58. The highest BCUT2D eigenvalue weighted by Crippen LogP contribution is 2.22. The highest BCUT2D eigenvalue weighted by molar-refractivity contribution is 5.47. The van der Waals surface area contributed by atoms with E-state index in [1.807, 2.05) is 19.4 Å². The molecule has 1 aromatic heterocycles. The van der Waals surface area contributed by atoms with Gasteiger partial charge in [0.2, 0.25) is 0 Å². The summed E-state index contributed by atoms with van der Waals surface area (Å²) in [6, 6.07) is 8.80.